The molecule has 0 saturated heterocycles. The van der Waals surface area contributed by atoms with E-state index in [4.69, 9.17) is 4.74 Å². The SMILES string of the molecule is CCOC(=O)C1Sc2ccccc2Cn2cccc21. The van der Waals surface area contributed by atoms with E-state index in [9.17, 15) is 4.79 Å². The standard InChI is InChI=1S/C15H15NO2S/c1-2-18-15(17)14-12-7-5-9-16(12)10-11-6-3-4-8-13(11)19-14/h3-9,14H,2,10H2,1H3. The van der Waals surface area contributed by atoms with Crippen molar-refractivity contribution in [1.82, 2.24) is 4.57 Å². The summed E-state index contributed by atoms with van der Waals surface area (Å²) in [7, 11) is 0. The van der Waals surface area contributed by atoms with E-state index in [-0.39, 0.29) is 11.2 Å². The average molecular weight is 273 g/mol. The number of rotatable bonds is 2. The maximum atomic E-state index is 12.2. The number of hydrogen-bond donors (Lipinski definition) is 0. The molecule has 0 aliphatic carbocycles. The van der Waals surface area contributed by atoms with E-state index in [2.05, 4.69) is 16.7 Å². The van der Waals surface area contributed by atoms with Crippen LogP contribution in [0.1, 0.15) is 23.4 Å². The zero-order chi connectivity index (χ0) is 13.2. The molecule has 0 fully saturated rings. The number of benzene rings is 1. The molecule has 2 aromatic rings. The predicted octanol–water partition coefficient (Wildman–Crippen LogP) is 3.25. The van der Waals surface area contributed by atoms with Gasteiger partial charge in [0.15, 0.2) is 0 Å². The highest BCUT2D eigenvalue weighted by Gasteiger charge is 2.29. The third kappa shape index (κ3) is 2.28. The van der Waals surface area contributed by atoms with Gasteiger partial charge >= 0.3 is 5.97 Å². The maximum Gasteiger partial charge on any atom is 0.325 e. The fourth-order valence-corrected chi connectivity index (χ4v) is 3.51. The Kier molecular flexibility index (Phi) is 3.34. The minimum Gasteiger partial charge on any atom is -0.465 e. The van der Waals surface area contributed by atoms with Crippen LogP contribution in [-0.4, -0.2) is 17.1 Å². The van der Waals surface area contributed by atoms with Gasteiger partial charge in [-0.05, 0) is 30.7 Å². The minimum atomic E-state index is -0.279. The molecule has 19 heavy (non-hydrogen) atoms. The average Bonchev–Trinajstić information content (AvgIpc) is 2.80. The van der Waals surface area contributed by atoms with E-state index in [1.807, 2.05) is 37.4 Å². The number of carbonyl (C=O) groups excluding carboxylic acids is 1. The minimum absolute atomic E-state index is 0.163. The molecule has 2 heterocycles. The topological polar surface area (TPSA) is 31.2 Å². The summed E-state index contributed by atoms with van der Waals surface area (Å²) in [6.07, 6.45) is 2.02. The largest absolute Gasteiger partial charge is 0.465 e. The van der Waals surface area contributed by atoms with Gasteiger partial charge in [-0.2, -0.15) is 0 Å². The summed E-state index contributed by atoms with van der Waals surface area (Å²) in [5.41, 5.74) is 2.26. The van der Waals surface area contributed by atoms with Crippen LogP contribution in [0.25, 0.3) is 0 Å². The second kappa shape index (κ2) is 5.13. The summed E-state index contributed by atoms with van der Waals surface area (Å²) in [6, 6.07) is 12.2. The van der Waals surface area contributed by atoms with Crippen LogP contribution in [-0.2, 0) is 16.1 Å². The molecule has 1 atom stereocenters. The van der Waals surface area contributed by atoms with Crippen molar-refractivity contribution in [3.63, 3.8) is 0 Å². The quantitative estimate of drug-likeness (QED) is 0.787. The van der Waals surface area contributed by atoms with E-state index in [1.54, 1.807) is 11.8 Å². The molecule has 0 saturated carbocycles. The van der Waals surface area contributed by atoms with E-state index >= 15 is 0 Å². The van der Waals surface area contributed by atoms with Gasteiger partial charge in [-0.3, -0.25) is 4.79 Å². The fraction of sp³-hybridized carbons (Fsp3) is 0.267. The highest BCUT2D eigenvalue weighted by Crippen LogP contribution is 2.41. The summed E-state index contributed by atoms with van der Waals surface area (Å²) >= 11 is 1.58. The number of hydrogen-bond acceptors (Lipinski definition) is 3. The van der Waals surface area contributed by atoms with Crippen molar-refractivity contribution >= 4 is 17.7 Å². The molecule has 0 radical (unpaired) electrons. The second-order valence-electron chi connectivity index (χ2n) is 4.42. The van der Waals surface area contributed by atoms with Crippen molar-refractivity contribution in [2.24, 2.45) is 0 Å². The molecule has 4 heteroatoms. The van der Waals surface area contributed by atoms with Crippen molar-refractivity contribution in [3.8, 4) is 0 Å². The van der Waals surface area contributed by atoms with Crippen LogP contribution >= 0.6 is 11.8 Å². The molecule has 1 aromatic heterocycles. The molecule has 1 aliphatic heterocycles. The molecule has 3 nitrogen and oxygen atoms in total. The van der Waals surface area contributed by atoms with E-state index in [0.717, 1.165) is 17.1 Å². The van der Waals surface area contributed by atoms with Gasteiger partial charge in [-0.1, -0.05) is 18.2 Å². The van der Waals surface area contributed by atoms with Crippen molar-refractivity contribution in [1.29, 1.82) is 0 Å². The molecular weight excluding hydrogens is 258 g/mol. The van der Waals surface area contributed by atoms with Crippen LogP contribution in [0.2, 0.25) is 0 Å². The molecule has 0 amide bonds. The van der Waals surface area contributed by atoms with E-state index in [0.29, 0.717) is 6.61 Å². The third-order valence-electron chi connectivity index (χ3n) is 3.19. The summed E-state index contributed by atoms with van der Waals surface area (Å²) in [5, 5.41) is -0.279. The number of carbonyl (C=O) groups is 1. The monoisotopic (exact) mass is 273 g/mol. The molecule has 0 bridgehead atoms. The predicted molar refractivity (Wildman–Crippen MR) is 75.2 cm³/mol. The first-order valence-electron chi connectivity index (χ1n) is 6.36. The number of ether oxygens (including phenoxy) is 1. The smallest absolute Gasteiger partial charge is 0.325 e. The second-order valence-corrected chi connectivity index (χ2v) is 5.57. The molecule has 3 rings (SSSR count). The lowest BCUT2D eigenvalue weighted by atomic mass is 10.2. The zero-order valence-electron chi connectivity index (χ0n) is 10.7. The van der Waals surface area contributed by atoms with Gasteiger partial charge in [0.25, 0.3) is 0 Å². The van der Waals surface area contributed by atoms with Crippen molar-refractivity contribution in [3.05, 3.63) is 53.9 Å². The van der Waals surface area contributed by atoms with Gasteiger partial charge in [-0.15, -0.1) is 11.8 Å². The summed E-state index contributed by atoms with van der Waals surface area (Å²) < 4.78 is 7.33. The number of thioether (sulfide) groups is 1. The molecule has 1 aliphatic rings. The number of nitrogens with zero attached hydrogens (tertiary/aromatic N) is 1. The first-order valence-corrected chi connectivity index (χ1v) is 7.24. The van der Waals surface area contributed by atoms with Crippen LogP contribution in [0.15, 0.2) is 47.5 Å². The number of esters is 1. The Morgan fingerprint density at radius 3 is 3.05 bits per heavy atom. The van der Waals surface area contributed by atoms with Gasteiger partial charge in [0.1, 0.15) is 5.25 Å². The lowest BCUT2D eigenvalue weighted by Gasteiger charge is -2.14. The van der Waals surface area contributed by atoms with Crippen LogP contribution in [0.4, 0.5) is 0 Å². The first-order chi connectivity index (χ1) is 9.29. The zero-order valence-corrected chi connectivity index (χ0v) is 11.5. The first kappa shape index (κ1) is 12.4. The Bertz CT molecular complexity index is 606. The Balaban J connectivity index is 2.04. The Labute approximate surface area is 116 Å². The van der Waals surface area contributed by atoms with Crippen molar-refractivity contribution in [2.45, 2.75) is 23.6 Å². The lowest BCUT2D eigenvalue weighted by Crippen LogP contribution is -2.15. The van der Waals surface area contributed by atoms with E-state index in [1.165, 1.54) is 5.56 Å². The highest BCUT2D eigenvalue weighted by molar-refractivity contribution is 8.00. The Hall–Kier alpha value is -1.68. The van der Waals surface area contributed by atoms with Gasteiger partial charge in [0.2, 0.25) is 0 Å². The number of fused-ring (bicyclic) bond motifs is 2. The maximum absolute atomic E-state index is 12.2. The molecular formula is C15H15NO2S. The molecule has 1 aromatic carbocycles. The Morgan fingerprint density at radius 1 is 1.37 bits per heavy atom. The lowest BCUT2D eigenvalue weighted by molar-refractivity contribution is -0.142. The molecule has 98 valence electrons. The molecule has 0 spiro atoms. The van der Waals surface area contributed by atoms with E-state index < -0.39 is 0 Å². The fourth-order valence-electron chi connectivity index (χ4n) is 2.32. The van der Waals surface area contributed by atoms with Gasteiger partial charge in [0.05, 0.1) is 6.61 Å². The van der Waals surface area contributed by atoms with Crippen LogP contribution in [0.5, 0.6) is 0 Å². The highest BCUT2D eigenvalue weighted by atomic mass is 32.2. The molecule has 1 unspecified atom stereocenters. The van der Waals surface area contributed by atoms with Crippen LogP contribution < -0.4 is 0 Å². The van der Waals surface area contributed by atoms with Crippen LogP contribution in [0.3, 0.4) is 0 Å². The van der Waals surface area contributed by atoms with Crippen LogP contribution in [0, 0.1) is 0 Å². The normalized spacial score (nSPS) is 17.2. The third-order valence-corrected chi connectivity index (χ3v) is 4.51. The van der Waals surface area contributed by atoms with Crippen molar-refractivity contribution in [2.75, 3.05) is 6.61 Å². The van der Waals surface area contributed by atoms with Gasteiger partial charge in [0, 0.05) is 23.3 Å². The molecule has 0 N–H and O–H groups in total. The summed E-state index contributed by atoms with van der Waals surface area (Å²) in [5.74, 6) is -0.163. The number of aromatic nitrogens is 1. The Morgan fingerprint density at radius 2 is 2.21 bits per heavy atom. The summed E-state index contributed by atoms with van der Waals surface area (Å²) in [6.45, 7) is 3.06. The summed E-state index contributed by atoms with van der Waals surface area (Å²) in [4.78, 5) is 13.3. The van der Waals surface area contributed by atoms with Gasteiger partial charge < -0.3 is 9.30 Å². The van der Waals surface area contributed by atoms with Crippen molar-refractivity contribution < 1.29 is 9.53 Å². The van der Waals surface area contributed by atoms with Gasteiger partial charge in [-0.25, -0.2) is 0 Å².